The predicted octanol–water partition coefficient (Wildman–Crippen LogP) is 2.96. The first kappa shape index (κ1) is 22.1. The van der Waals surface area contributed by atoms with Gasteiger partial charge in [0.15, 0.2) is 0 Å². The maximum absolute atomic E-state index is 12.2. The summed E-state index contributed by atoms with van der Waals surface area (Å²) >= 11 is 11.9. The van der Waals surface area contributed by atoms with Gasteiger partial charge in [0.2, 0.25) is 15.9 Å². The van der Waals surface area contributed by atoms with E-state index in [1.165, 1.54) is 18.2 Å². The molecule has 2 aromatic rings. The summed E-state index contributed by atoms with van der Waals surface area (Å²) in [4.78, 5) is 12.2. The van der Waals surface area contributed by atoms with Gasteiger partial charge in [-0.25, -0.2) is 8.42 Å². The molecule has 0 aliphatic rings. The highest BCUT2D eigenvalue weighted by Crippen LogP contribution is 2.26. The average molecular weight is 447 g/mol. The van der Waals surface area contributed by atoms with E-state index in [0.717, 1.165) is 10.6 Å². The Morgan fingerprint density at radius 3 is 2.18 bits per heavy atom. The van der Waals surface area contributed by atoms with Crippen LogP contribution in [0.1, 0.15) is 0 Å². The Bertz CT molecular complexity index is 900. The standard InChI is InChI=1S/C18H20Cl2N2O5S/c1-26-16-3-5-17(6-4-16)27-8-7-21-18(23)12-22(28(2,24)25)15-10-13(19)9-14(20)11-15/h3-6,9-11H,7-8,12H2,1-2H3,(H,21,23). The molecule has 0 saturated carbocycles. The van der Waals surface area contributed by atoms with Crippen molar-refractivity contribution in [3.63, 3.8) is 0 Å². The van der Waals surface area contributed by atoms with E-state index >= 15 is 0 Å². The van der Waals surface area contributed by atoms with E-state index < -0.39 is 22.5 Å². The number of hydrogen-bond acceptors (Lipinski definition) is 5. The molecule has 0 aromatic heterocycles. The molecule has 0 aliphatic heterocycles. The van der Waals surface area contributed by atoms with Gasteiger partial charge in [0.1, 0.15) is 24.7 Å². The summed E-state index contributed by atoms with van der Waals surface area (Å²) in [5.74, 6) is 0.851. The monoisotopic (exact) mass is 446 g/mol. The molecule has 0 saturated heterocycles. The fourth-order valence-corrected chi connectivity index (χ4v) is 3.66. The zero-order valence-corrected chi connectivity index (χ0v) is 17.6. The van der Waals surface area contributed by atoms with Crippen LogP contribution in [0.15, 0.2) is 42.5 Å². The van der Waals surface area contributed by atoms with E-state index in [1.54, 1.807) is 31.4 Å². The quantitative estimate of drug-likeness (QED) is 0.598. The second-order valence-electron chi connectivity index (χ2n) is 5.77. The summed E-state index contributed by atoms with van der Waals surface area (Å²) < 4.78 is 35.7. The van der Waals surface area contributed by atoms with Gasteiger partial charge in [-0.1, -0.05) is 23.2 Å². The first-order chi connectivity index (χ1) is 13.2. The van der Waals surface area contributed by atoms with E-state index in [-0.39, 0.29) is 28.9 Å². The van der Waals surface area contributed by atoms with E-state index in [1.807, 2.05) is 0 Å². The SMILES string of the molecule is COc1ccc(OCCNC(=O)CN(c2cc(Cl)cc(Cl)c2)S(C)(=O)=O)cc1. The number of carbonyl (C=O) groups is 1. The lowest BCUT2D eigenvalue weighted by Gasteiger charge is -2.22. The number of sulfonamides is 1. The van der Waals surface area contributed by atoms with Gasteiger partial charge in [-0.05, 0) is 42.5 Å². The number of methoxy groups -OCH3 is 1. The van der Waals surface area contributed by atoms with Crippen molar-refractivity contribution in [3.8, 4) is 11.5 Å². The lowest BCUT2D eigenvalue weighted by Crippen LogP contribution is -2.41. The van der Waals surface area contributed by atoms with Crippen molar-refractivity contribution in [2.24, 2.45) is 0 Å². The zero-order valence-electron chi connectivity index (χ0n) is 15.3. The Labute approximate surface area is 174 Å². The molecule has 0 unspecified atom stereocenters. The molecule has 0 bridgehead atoms. The van der Waals surface area contributed by atoms with Gasteiger partial charge in [0.05, 0.1) is 25.6 Å². The molecule has 0 heterocycles. The van der Waals surface area contributed by atoms with Gasteiger partial charge >= 0.3 is 0 Å². The number of anilines is 1. The summed E-state index contributed by atoms with van der Waals surface area (Å²) in [6.07, 6.45) is 1.00. The van der Waals surface area contributed by atoms with Crippen LogP contribution < -0.4 is 19.1 Å². The maximum Gasteiger partial charge on any atom is 0.240 e. The Kier molecular flexibility index (Phi) is 7.79. The molecular weight excluding hydrogens is 427 g/mol. The number of amides is 1. The number of halogens is 2. The number of hydrogen-bond donors (Lipinski definition) is 1. The number of benzene rings is 2. The molecule has 0 fully saturated rings. The third kappa shape index (κ3) is 6.78. The highest BCUT2D eigenvalue weighted by atomic mass is 35.5. The summed E-state index contributed by atoms with van der Waals surface area (Å²) in [5, 5.41) is 3.15. The Morgan fingerprint density at radius 1 is 1.07 bits per heavy atom. The second-order valence-corrected chi connectivity index (χ2v) is 8.55. The maximum atomic E-state index is 12.2. The fraction of sp³-hybridized carbons (Fsp3) is 0.278. The van der Waals surface area contributed by atoms with Crippen LogP contribution in [0.4, 0.5) is 5.69 Å². The molecule has 1 amide bonds. The lowest BCUT2D eigenvalue weighted by atomic mass is 10.3. The molecule has 7 nitrogen and oxygen atoms in total. The van der Waals surface area contributed by atoms with Crippen LogP contribution in [-0.4, -0.2) is 47.4 Å². The van der Waals surface area contributed by atoms with Crippen molar-refractivity contribution in [2.75, 3.05) is 37.4 Å². The Morgan fingerprint density at radius 2 is 1.64 bits per heavy atom. The van der Waals surface area contributed by atoms with E-state index in [4.69, 9.17) is 32.7 Å². The first-order valence-corrected chi connectivity index (χ1v) is 10.8. The highest BCUT2D eigenvalue weighted by molar-refractivity contribution is 7.92. The van der Waals surface area contributed by atoms with Crippen molar-refractivity contribution in [2.45, 2.75) is 0 Å². The minimum Gasteiger partial charge on any atom is -0.497 e. The summed E-state index contributed by atoms with van der Waals surface area (Å²) in [6.45, 7) is 0.0245. The molecule has 152 valence electrons. The van der Waals surface area contributed by atoms with Crippen molar-refractivity contribution < 1.29 is 22.7 Å². The van der Waals surface area contributed by atoms with Crippen LogP contribution in [0.5, 0.6) is 11.5 Å². The Balaban J connectivity index is 1.91. The highest BCUT2D eigenvalue weighted by Gasteiger charge is 2.21. The normalized spacial score (nSPS) is 11.0. The van der Waals surface area contributed by atoms with E-state index in [9.17, 15) is 13.2 Å². The van der Waals surface area contributed by atoms with Crippen LogP contribution in [-0.2, 0) is 14.8 Å². The van der Waals surface area contributed by atoms with Crippen LogP contribution >= 0.6 is 23.2 Å². The second kappa shape index (κ2) is 9.86. The van der Waals surface area contributed by atoms with Crippen LogP contribution in [0.3, 0.4) is 0 Å². The number of nitrogens with one attached hydrogen (secondary N) is 1. The van der Waals surface area contributed by atoms with E-state index in [2.05, 4.69) is 5.32 Å². The summed E-state index contributed by atoms with van der Waals surface area (Å²) in [7, 11) is -2.14. The molecule has 2 aromatic carbocycles. The third-order valence-corrected chi connectivity index (χ3v) is 5.15. The van der Waals surface area contributed by atoms with Gasteiger partial charge < -0.3 is 14.8 Å². The number of ether oxygens (including phenoxy) is 2. The van der Waals surface area contributed by atoms with Crippen LogP contribution in [0, 0.1) is 0 Å². The summed E-state index contributed by atoms with van der Waals surface area (Å²) in [6, 6.07) is 11.3. The molecule has 0 spiro atoms. The van der Waals surface area contributed by atoms with Gasteiger partial charge in [-0.15, -0.1) is 0 Å². The minimum absolute atomic E-state index is 0.207. The number of rotatable bonds is 9. The molecule has 10 heteroatoms. The number of carbonyl (C=O) groups excluding carboxylic acids is 1. The largest absolute Gasteiger partial charge is 0.497 e. The summed E-state index contributed by atoms with van der Waals surface area (Å²) in [5.41, 5.74) is 0.213. The molecule has 0 atom stereocenters. The van der Waals surface area contributed by atoms with Gasteiger partial charge in [0, 0.05) is 10.0 Å². The molecule has 2 rings (SSSR count). The molecule has 1 N–H and O–H groups in total. The van der Waals surface area contributed by atoms with Crippen molar-refractivity contribution >= 4 is 44.8 Å². The lowest BCUT2D eigenvalue weighted by molar-refractivity contribution is -0.119. The average Bonchev–Trinajstić information content (AvgIpc) is 2.62. The smallest absolute Gasteiger partial charge is 0.240 e. The topological polar surface area (TPSA) is 84.9 Å². The molecular formula is C18H20Cl2N2O5S. The fourth-order valence-electron chi connectivity index (χ4n) is 2.30. The minimum atomic E-state index is -3.71. The molecule has 0 radical (unpaired) electrons. The predicted molar refractivity (Wildman–Crippen MR) is 110 cm³/mol. The number of nitrogens with zero attached hydrogens (tertiary/aromatic N) is 1. The van der Waals surface area contributed by atoms with Crippen molar-refractivity contribution in [1.82, 2.24) is 5.32 Å². The van der Waals surface area contributed by atoms with Crippen LogP contribution in [0.2, 0.25) is 10.0 Å². The third-order valence-electron chi connectivity index (χ3n) is 3.58. The zero-order chi connectivity index (χ0) is 20.7. The Hall–Kier alpha value is -2.16. The van der Waals surface area contributed by atoms with Crippen LogP contribution in [0.25, 0.3) is 0 Å². The molecule has 28 heavy (non-hydrogen) atoms. The van der Waals surface area contributed by atoms with Crippen molar-refractivity contribution in [3.05, 3.63) is 52.5 Å². The molecule has 0 aliphatic carbocycles. The first-order valence-electron chi connectivity index (χ1n) is 8.16. The van der Waals surface area contributed by atoms with E-state index in [0.29, 0.717) is 11.5 Å². The van der Waals surface area contributed by atoms with Gasteiger partial charge in [0.25, 0.3) is 0 Å². The van der Waals surface area contributed by atoms with Gasteiger partial charge in [-0.2, -0.15) is 0 Å². The van der Waals surface area contributed by atoms with Crippen molar-refractivity contribution in [1.29, 1.82) is 0 Å². The van der Waals surface area contributed by atoms with Gasteiger partial charge in [-0.3, -0.25) is 9.10 Å².